The zero-order valence-electron chi connectivity index (χ0n) is 14.1. The van der Waals surface area contributed by atoms with Gasteiger partial charge in [0, 0.05) is 31.0 Å². The second kappa shape index (κ2) is 8.83. The highest BCUT2D eigenvalue weighted by molar-refractivity contribution is 6.35. The molecule has 2 amide bonds. The molecule has 5 nitrogen and oxygen atoms in total. The molecule has 0 saturated carbocycles. The lowest BCUT2D eigenvalue weighted by Crippen LogP contribution is -2.28. The van der Waals surface area contributed by atoms with E-state index in [-0.39, 0.29) is 11.5 Å². The van der Waals surface area contributed by atoms with Gasteiger partial charge in [-0.15, -0.1) is 0 Å². The van der Waals surface area contributed by atoms with E-state index in [0.717, 1.165) is 12.8 Å². The average molecular weight is 380 g/mol. The number of rotatable bonds is 6. The number of nitrogens with zero attached hydrogens (tertiary/aromatic N) is 2. The number of aromatic nitrogens is 1. The Balaban J connectivity index is 2.16. The summed E-state index contributed by atoms with van der Waals surface area (Å²) in [6, 6.07) is 6.31. The Morgan fingerprint density at radius 1 is 1.16 bits per heavy atom. The van der Waals surface area contributed by atoms with Crippen LogP contribution in [0.25, 0.3) is 0 Å². The van der Waals surface area contributed by atoms with Crippen LogP contribution in [-0.4, -0.2) is 35.3 Å². The van der Waals surface area contributed by atoms with Crippen LogP contribution in [0.2, 0.25) is 10.0 Å². The fourth-order valence-corrected chi connectivity index (χ4v) is 2.52. The largest absolute Gasteiger partial charge is 0.342 e. The molecule has 132 valence electrons. The number of amides is 2. The van der Waals surface area contributed by atoms with Crippen LogP contribution in [0.3, 0.4) is 0 Å². The van der Waals surface area contributed by atoms with Crippen molar-refractivity contribution in [3.05, 3.63) is 57.8 Å². The van der Waals surface area contributed by atoms with E-state index in [1.54, 1.807) is 30.1 Å². The van der Waals surface area contributed by atoms with Crippen molar-refractivity contribution in [3.8, 4) is 0 Å². The van der Waals surface area contributed by atoms with Crippen LogP contribution in [0.4, 0.5) is 5.69 Å². The summed E-state index contributed by atoms with van der Waals surface area (Å²) < 4.78 is 0. The van der Waals surface area contributed by atoms with Crippen LogP contribution in [0.1, 0.15) is 40.5 Å². The third-order valence-electron chi connectivity index (χ3n) is 3.62. The fraction of sp³-hybridized carbons (Fsp3) is 0.278. The normalized spacial score (nSPS) is 10.4. The summed E-state index contributed by atoms with van der Waals surface area (Å²) in [5, 5.41) is 3.51. The molecule has 0 atom stereocenters. The van der Waals surface area contributed by atoms with Gasteiger partial charge in [0.1, 0.15) is 0 Å². The van der Waals surface area contributed by atoms with Crippen molar-refractivity contribution in [2.75, 3.05) is 18.9 Å². The van der Waals surface area contributed by atoms with E-state index in [4.69, 9.17) is 23.2 Å². The van der Waals surface area contributed by atoms with Gasteiger partial charge < -0.3 is 10.2 Å². The van der Waals surface area contributed by atoms with E-state index in [9.17, 15) is 9.59 Å². The molecular formula is C18H19Cl2N3O2. The summed E-state index contributed by atoms with van der Waals surface area (Å²) in [6.45, 7) is 2.72. The Hall–Kier alpha value is -2.11. The highest BCUT2D eigenvalue weighted by Gasteiger charge is 2.15. The van der Waals surface area contributed by atoms with Crippen molar-refractivity contribution in [2.45, 2.75) is 19.8 Å². The highest BCUT2D eigenvalue weighted by Crippen LogP contribution is 2.25. The predicted molar refractivity (Wildman–Crippen MR) is 101 cm³/mol. The van der Waals surface area contributed by atoms with Gasteiger partial charge in [0.15, 0.2) is 0 Å². The summed E-state index contributed by atoms with van der Waals surface area (Å²) >= 11 is 12.0. The van der Waals surface area contributed by atoms with Gasteiger partial charge in [-0.2, -0.15) is 0 Å². The van der Waals surface area contributed by atoms with Crippen molar-refractivity contribution >= 4 is 40.7 Å². The van der Waals surface area contributed by atoms with Crippen molar-refractivity contribution in [3.63, 3.8) is 0 Å². The fourth-order valence-electron chi connectivity index (χ4n) is 2.19. The molecule has 1 N–H and O–H groups in total. The number of unbranched alkanes of at least 4 members (excludes halogenated alkanes) is 1. The van der Waals surface area contributed by atoms with Gasteiger partial charge in [-0.05, 0) is 30.7 Å². The second-order valence-corrected chi connectivity index (χ2v) is 6.46. The zero-order chi connectivity index (χ0) is 18.4. The van der Waals surface area contributed by atoms with E-state index in [0.29, 0.717) is 27.8 Å². The highest BCUT2D eigenvalue weighted by atomic mass is 35.5. The van der Waals surface area contributed by atoms with Crippen LogP contribution >= 0.6 is 23.2 Å². The number of halogens is 2. The minimum atomic E-state index is -0.414. The molecule has 2 rings (SSSR count). The second-order valence-electron chi connectivity index (χ2n) is 5.62. The first-order chi connectivity index (χ1) is 11.9. The molecule has 0 radical (unpaired) electrons. The summed E-state index contributed by atoms with van der Waals surface area (Å²) in [5.41, 5.74) is 1.03. The molecule has 25 heavy (non-hydrogen) atoms. The number of carbonyl (C=O) groups is 2. The summed E-state index contributed by atoms with van der Waals surface area (Å²) in [7, 11) is 1.73. The lowest BCUT2D eigenvalue weighted by molar-refractivity contribution is 0.0793. The molecule has 2 aromatic rings. The molecule has 0 bridgehead atoms. The van der Waals surface area contributed by atoms with Gasteiger partial charge in [-0.1, -0.05) is 36.5 Å². The maximum absolute atomic E-state index is 12.4. The van der Waals surface area contributed by atoms with Crippen molar-refractivity contribution in [1.29, 1.82) is 0 Å². The van der Waals surface area contributed by atoms with E-state index in [2.05, 4.69) is 17.2 Å². The van der Waals surface area contributed by atoms with Gasteiger partial charge >= 0.3 is 0 Å². The van der Waals surface area contributed by atoms with Gasteiger partial charge in [-0.25, -0.2) is 0 Å². The first-order valence-corrected chi connectivity index (χ1v) is 8.65. The molecule has 0 aliphatic heterocycles. The first kappa shape index (κ1) is 19.2. The average Bonchev–Trinajstić information content (AvgIpc) is 2.62. The van der Waals surface area contributed by atoms with Crippen LogP contribution in [0.15, 0.2) is 36.7 Å². The Labute approximate surface area is 157 Å². The van der Waals surface area contributed by atoms with Crippen molar-refractivity contribution < 1.29 is 9.59 Å². The quantitative estimate of drug-likeness (QED) is 0.802. The number of nitrogens with one attached hydrogen (secondary N) is 1. The standard InChI is InChI=1S/C18H19Cl2N3O2/c1-3-4-7-23(2)18(25)13-8-12(10-21-11-13)17(24)22-16-9-14(19)5-6-15(16)20/h5-6,8-11H,3-4,7H2,1-2H3,(H,22,24). The molecule has 0 unspecified atom stereocenters. The van der Waals surface area contributed by atoms with Crippen molar-refractivity contribution in [2.24, 2.45) is 0 Å². The van der Waals surface area contributed by atoms with Gasteiger partial charge in [0.2, 0.25) is 0 Å². The van der Waals surface area contributed by atoms with E-state index in [1.807, 2.05) is 0 Å². The third kappa shape index (κ3) is 5.18. The van der Waals surface area contributed by atoms with E-state index < -0.39 is 5.91 Å². The number of carbonyl (C=O) groups excluding carboxylic acids is 2. The molecule has 0 fully saturated rings. The SMILES string of the molecule is CCCCN(C)C(=O)c1cncc(C(=O)Nc2cc(Cl)ccc2Cl)c1. The maximum Gasteiger partial charge on any atom is 0.257 e. The minimum absolute atomic E-state index is 0.170. The van der Waals surface area contributed by atoms with Crippen LogP contribution in [0, 0.1) is 0 Å². The number of hydrogen-bond acceptors (Lipinski definition) is 3. The molecule has 0 spiro atoms. The number of anilines is 1. The third-order valence-corrected chi connectivity index (χ3v) is 4.18. The van der Waals surface area contributed by atoms with Crippen LogP contribution in [-0.2, 0) is 0 Å². The number of hydrogen-bond donors (Lipinski definition) is 1. The lowest BCUT2D eigenvalue weighted by Gasteiger charge is -2.16. The molecule has 1 heterocycles. The Morgan fingerprint density at radius 3 is 2.60 bits per heavy atom. The van der Waals surface area contributed by atoms with Gasteiger partial charge in [0.25, 0.3) is 11.8 Å². The van der Waals surface area contributed by atoms with Gasteiger partial charge in [-0.3, -0.25) is 14.6 Å². The molecule has 7 heteroatoms. The molecule has 0 aliphatic carbocycles. The van der Waals surface area contributed by atoms with E-state index in [1.165, 1.54) is 18.5 Å². The molecule has 0 saturated heterocycles. The number of benzene rings is 1. The number of pyridine rings is 1. The Bertz CT molecular complexity index is 781. The molecule has 0 aliphatic rings. The smallest absolute Gasteiger partial charge is 0.257 e. The summed E-state index contributed by atoms with van der Waals surface area (Å²) in [5.74, 6) is -0.584. The lowest BCUT2D eigenvalue weighted by atomic mass is 10.1. The predicted octanol–water partition coefficient (Wildman–Crippen LogP) is 4.51. The minimum Gasteiger partial charge on any atom is -0.342 e. The zero-order valence-corrected chi connectivity index (χ0v) is 15.6. The topological polar surface area (TPSA) is 62.3 Å². The molecular weight excluding hydrogens is 361 g/mol. The summed E-state index contributed by atoms with van der Waals surface area (Å²) in [4.78, 5) is 30.4. The summed E-state index contributed by atoms with van der Waals surface area (Å²) in [6.07, 6.45) is 4.77. The monoisotopic (exact) mass is 379 g/mol. The Morgan fingerprint density at radius 2 is 1.88 bits per heavy atom. The van der Waals surface area contributed by atoms with Crippen LogP contribution in [0.5, 0.6) is 0 Å². The molecule has 1 aromatic carbocycles. The van der Waals surface area contributed by atoms with Gasteiger partial charge in [0.05, 0.1) is 21.8 Å². The van der Waals surface area contributed by atoms with Crippen molar-refractivity contribution in [1.82, 2.24) is 9.88 Å². The Kier molecular flexibility index (Phi) is 6.79. The molecule has 1 aromatic heterocycles. The first-order valence-electron chi connectivity index (χ1n) is 7.89. The maximum atomic E-state index is 12.4. The van der Waals surface area contributed by atoms with Crippen LogP contribution < -0.4 is 5.32 Å². The van der Waals surface area contributed by atoms with E-state index >= 15 is 0 Å².